The van der Waals surface area contributed by atoms with Crippen molar-refractivity contribution >= 4 is 6.09 Å². The van der Waals surface area contributed by atoms with Crippen LogP contribution in [0.3, 0.4) is 0 Å². The largest absolute Gasteiger partial charge is 0.505 e. The topological polar surface area (TPSA) is 58.6 Å². The zero-order chi connectivity index (χ0) is 19.7. The van der Waals surface area contributed by atoms with E-state index in [0.717, 1.165) is 28.3 Å². The third kappa shape index (κ3) is 3.17. The smallest absolute Gasteiger partial charge is 0.407 e. The minimum atomic E-state index is -1.34. The number of halogens is 2. The van der Waals surface area contributed by atoms with Gasteiger partial charge in [0, 0.05) is 18.0 Å². The minimum absolute atomic E-state index is 0.0798. The number of hydrogen-bond acceptors (Lipinski definition) is 3. The molecule has 6 heteroatoms. The van der Waals surface area contributed by atoms with Crippen molar-refractivity contribution < 1.29 is 23.4 Å². The molecule has 0 bridgehead atoms. The van der Waals surface area contributed by atoms with Gasteiger partial charge in [0.2, 0.25) is 5.82 Å². The van der Waals surface area contributed by atoms with E-state index in [1.165, 1.54) is 6.07 Å². The fourth-order valence-corrected chi connectivity index (χ4v) is 3.53. The van der Waals surface area contributed by atoms with E-state index in [2.05, 4.69) is 5.32 Å². The molecule has 1 aliphatic carbocycles. The summed E-state index contributed by atoms with van der Waals surface area (Å²) >= 11 is 0. The first-order valence-electron chi connectivity index (χ1n) is 8.81. The number of aromatic hydroxyl groups is 1. The van der Waals surface area contributed by atoms with Crippen LogP contribution in [0, 0.1) is 11.6 Å². The summed E-state index contributed by atoms with van der Waals surface area (Å²) in [6, 6.07) is 18.2. The molecule has 0 spiro atoms. The van der Waals surface area contributed by atoms with Gasteiger partial charge >= 0.3 is 6.09 Å². The van der Waals surface area contributed by atoms with E-state index < -0.39 is 23.5 Å². The second kappa shape index (κ2) is 7.31. The summed E-state index contributed by atoms with van der Waals surface area (Å²) in [5, 5.41) is 11.5. The SMILES string of the molecule is O=C(NCc1ccc(O)c(F)c1F)OCC1c2ccccc2-c2ccccc21. The summed E-state index contributed by atoms with van der Waals surface area (Å²) in [4.78, 5) is 12.1. The van der Waals surface area contributed by atoms with Crippen LogP contribution in [0.25, 0.3) is 11.1 Å². The predicted molar refractivity (Wildman–Crippen MR) is 99.9 cm³/mol. The Morgan fingerprint density at radius 3 is 2.18 bits per heavy atom. The lowest BCUT2D eigenvalue weighted by Gasteiger charge is -2.14. The fraction of sp³-hybridized carbons (Fsp3) is 0.136. The van der Waals surface area contributed by atoms with Crippen LogP contribution in [0.4, 0.5) is 13.6 Å². The number of carbonyl (C=O) groups is 1. The van der Waals surface area contributed by atoms with Gasteiger partial charge in [-0.1, -0.05) is 54.6 Å². The van der Waals surface area contributed by atoms with Gasteiger partial charge < -0.3 is 15.2 Å². The van der Waals surface area contributed by atoms with Gasteiger partial charge in [-0.15, -0.1) is 0 Å². The number of phenols is 1. The fourth-order valence-electron chi connectivity index (χ4n) is 3.53. The lowest BCUT2D eigenvalue weighted by molar-refractivity contribution is 0.142. The summed E-state index contributed by atoms with van der Waals surface area (Å²) in [5.74, 6) is -3.39. The van der Waals surface area contributed by atoms with Gasteiger partial charge in [0.15, 0.2) is 11.6 Å². The highest BCUT2D eigenvalue weighted by Crippen LogP contribution is 2.44. The average molecular weight is 381 g/mol. The Kier molecular flexibility index (Phi) is 4.69. The number of rotatable bonds is 4. The van der Waals surface area contributed by atoms with Gasteiger partial charge in [0.05, 0.1) is 0 Å². The molecular formula is C22H17F2NO3. The van der Waals surface area contributed by atoms with E-state index in [4.69, 9.17) is 9.84 Å². The van der Waals surface area contributed by atoms with Crippen LogP contribution in [-0.2, 0) is 11.3 Å². The highest BCUT2D eigenvalue weighted by Gasteiger charge is 2.29. The minimum Gasteiger partial charge on any atom is -0.505 e. The Morgan fingerprint density at radius 1 is 0.929 bits per heavy atom. The quantitative estimate of drug-likeness (QED) is 0.688. The van der Waals surface area contributed by atoms with E-state index in [1.54, 1.807) is 0 Å². The van der Waals surface area contributed by atoms with Crippen LogP contribution in [0.1, 0.15) is 22.6 Å². The zero-order valence-electron chi connectivity index (χ0n) is 14.8. The molecule has 2 N–H and O–H groups in total. The molecule has 0 saturated heterocycles. The highest BCUT2D eigenvalue weighted by molar-refractivity contribution is 5.79. The third-order valence-electron chi connectivity index (χ3n) is 4.91. The second-order valence-corrected chi connectivity index (χ2v) is 6.55. The van der Waals surface area contributed by atoms with Gasteiger partial charge in [-0.2, -0.15) is 4.39 Å². The van der Waals surface area contributed by atoms with Gasteiger partial charge in [-0.05, 0) is 28.3 Å². The molecule has 0 saturated carbocycles. The number of nitrogens with one attached hydrogen (secondary N) is 1. The molecule has 3 aromatic carbocycles. The lowest BCUT2D eigenvalue weighted by atomic mass is 9.98. The molecule has 0 radical (unpaired) electrons. The molecule has 0 aromatic heterocycles. The molecule has 0 fully saturated rings. The first-order chi connectivity index (χ1) is 13.6. The van der Waals surface area contributed by atoms with Crippen LogP contribution in [0.5, 0.6) is 5.75 Å². The number of benzene rings is 3. The molecule has 0 atom stereocenters. The Hall–Kier alpha value is -3.41. The van der Waals surface area contributed by atoms with Crippen LogP contribution in [-0.4, -0.2) is 17.8 Å². The number of ether oxygens (including phenoxy) is 1. The number of phenolic OH excluding ortho intramolecular Hbond substituents is 1. The summed E-state index contributed by atoms with van der Waals surface area (Å²) in [5.41, 5.74) is 4.33. The molecule has 0 heterocycles. The van der Waals surface area contributed by atoms with Crippen molar-refractivity contribution in [2.75, 3.05) is 6.61 Å². The van der Waals surface area contributed by atoms with E-state index in [1.807, 2.05) is 48.5 Å². The van der Waals surface area contributed by atoms with Crippen molar-refractivity contribution in [3.8, 4) is 16.9 Å². The second-order valence-electron chi connectivity index (χ2n) is 6.55. The van der Waals surface area contributed by atoms with Crippen LogP contribution in [0.15, 0.2) is 60.7 Å². The molecule has 142 valence electrons. The molecule has 4 nitrogen and oxygen atoms in total. The number of fused-ring (bicyclic) bond motifs is 3. The van der Waals surface area contributed by atoms with Crippen LogP contribution in [0.2, 0.25) is 0 Å². The first-order valence-corrected chi connectivity index (χ1v) is 8.81. The normalized spacial score (nSPS) is 12.4. The standard InChI is InChI=1S/C22H17F2NO3/c23-20-13(9-10-19(26)21(20)24)11-25-22(27)28-12-18-16-7-3-1-5-14(16)15-6-2-4-8-17(15)18/h1-10,18,26H,11-12H2,(H,25,27). The maximum Gasteiger partial charge on any atom is 0.407 e. The number of hydrogen-bond donors (Lipinski definition) is 2. The monoisotopic (exact) mass is 381 g/mol. The summed E-state index contributed by atoms with van der Waals surface area (Å²) in [6.07, 6.45) is -0.727. The van der Waals surface area contributed by atoms with E-state index in [0.29, 0.717) is 0 Å². The van der Waals surface area contributed by atoms with E-state index in [9.17, 15) is 13.6 Å². The Balaban J connectivity index is 1.42. The molecule has 4 rings (SSSR count). The first kappa shape index (κ1) is 18.0. The summed E-state index contributed by atoms with van der Waals surface area (Å²) in [7, 11) is 0. The third-order valence-corrected chi connectivity index (χ3v) is 4.91. The number of alkyl carbamates (subject to hydrolysis) is 1. The molecule has 0 aliphatic heterocycles. The van der Waals surface area contributed by atoms with Crippen molar-refractivity contribution in [1.29, 1.82) is 0 Å². The van der Waals surface area contributed by atoms with Crippen LogP contribution < -0.4 is 5.32 Å². The maximum atomic E-state index is 13.7. The molecule has 0 unspecified atom stereocenters. The predicted octanol–water partition coefficient (Wildman–Crippen LogP) is 4.71. The van der Waals surface area contributed by atoms with Crippen molar-refractivity contribution in [3.63, 3.8) is 0 Å². The lowest BCUT2D eigenvalue weighted by Crippen LogP contribution is -2.26. The maximum absolute atomic E-state index is 13.7. The Morgan fingerprint density at radius 2 is 1.54 bits per heavy atom. The zero-order valence-corrected chi connectivity index (χ0v) is 14.8. The molecular weight excluding hydrogens is 364 g/mol. The summed E-state index contributed by atoms with van der Waals surface area (Å²) in [6.45, 7) is -0.119. The van der Waals surface area contributed by atoms with Crippen molar-refractivity contribution in [1.82, 2.24) is 5.32 Å². The van der Waals surface area contributed by atoms with E-state index >= 15 is 0 Å². The number of carbonyl (C=O) groups excluding carboxylic acids is 1. The summed E-state index contributed by atoms with van der Waals surface area (Å²) < 4.78 is 32.5. The van der Waals surface area contributed by atoms with Crippen LogP contribution >= 0.6 is 0 Å². The van der Waals surface area contributed by atoms with Crippen molar-refractivity contribution in [2.45, 2.75) is 12.5 Å². The van der Waals surface area contributed by atoms with Gasteiger partial charge in [-0.3, -0.25) is 0 Å². The molecule has 1 aliphatic rings. The highest BCUT2D eigenvalue weighted by atomic mass is 19.2. The average Bonchev–Trinajstić information content (AvgIpc) is 3.04. The molecule has 3 aromatic rings. The van der Waals surface area contributed by atoms with Gasteiger partial charge in [0.1, 0.15) is 6.61 Å². The van der Waals surface area contributed by atoms with Gasteiger partial charge in [0.25, 0.3) is 0 Å². The van der Waals surface area contributed by atoms with Crippen molar-refractivity contribution in [3.05, 3.63) is 89.0 Å². The van der Waals surface area contributed by atoms with E-state index in [-0.39, 0.29) is 24.6 Å². The van der Waals surface area contributed by atoms with Gasteiger partial charge in [-0.25, -0.2) is 9.18 Å². The Labute approximate surface area is 160 Å². The molecule has 28 heavy (non-hydrogen) atoms. The Bertz CT molecular complexity index is 1010. The molecule has 1 amide bonds. The van der Waals surface area contributed by atoms with Crippen molar-refractivity contribution in [2.24, 2.45) is 0 Å². The number of amides is 1.